The number of carbonyl (C=O) groups is 1. The van der Waals surface area contributed by atoms with E-state index in [1.807, 2.05) is 0 Å². The Labute approximate surface area is 115 Å². The number of aromatic carboxylic acids is 1. The van der Waals surface area contributed by atoms with Crippen molar-refractivity contribution in [3.05, 3.63) is 41.9 Å². The Kier molecular flexibility index (Phi) is 3.81. The average Bonchev–Trinajstić information content (AvgIpc) is 2.82. The van der Waals surface area contributed by atoms with Crippen LogP contribution in [0.2, 0.25) is 0 Å². The molecule has 0 aliphatic carbocycles. The molecule has 0 radical (unpaired) electrons. The van der Waals surface area contributed by atoms with E-state index >= 15 is 0 Å². The van der Waals surface area contributed by atoms with Crippen molar-refractivity contribution in [3.8, 4) is 0 Å². The topological polar surface area (TPSA) is 114 Å². The summed E-state index contributed by atoms with van der Waals surface area (Å²) in [5.74, 6) is -1.16. The molecule has 2 N–H and O–H groups in total. The molecule has 0 aromatic carbocycles. The number of nitrogens with one attached hydrogen (secondary N) is 1. The van der Waals surface area contributed by atoms with Crippen molar-refractivity contribution < 1.29 is 18.3 Å². The van der Waals surface area contributed by atoms with Crippen molar-refractivity contribution in [2.45, 2.75) is 11.6 Å². The highest BCUT2D eigenvalue weighted by Crippen LogP contribution is 2.07. The van der Waals surface area contributed by atoms with Crippen LogP contribution in [0.3, 0.4) is 0 Å². The van der Waals surface area contributed by atoms with Crippen LogP contribution >= 0.6 is 0 Å². The summed E-state index contributed by atoms with van der Waals surface area (Å²) in [5.41, 5.74) is 0.634. The lowest BCUT2D eigenvalue weighted by molar-refractivity contribution is 0.0696. The maximum absolute atomic E-state index is 11.9. The second-order valence-electron chi connectivity index (χ2n) is 4.04. The molecule has 106 valence electrons. The molecular weight excluding hydrogens is 284 g/mol. The Morgan fingerprint density at radius 2 is 2.15 bits per heavy atom. The van der Waals surface area contributed by atoms with E-state index in [1.54, 1.807) is 24.1 Å². The van der Waals surface area contributed by atoms with Gasteiger partial charge in [0.25, 0.3) is 10.0 Å². The van der Waals surface area contributed by atoms with Crippen LogP contribution in [0, 0.1) is 0 Å². The fraction of sp³-hybridized carbons (Fsp3) is 0.182. The van der Waals surface area contributed by atoms with Gasteiger partial charge in [0.2, 0.25) is 0 Å². The Morgan fingerprint density at radius 1 is 1.40 bits per heavy atom. The highest BCUT2D eigenvalue weighted by atomic mass is 32.2. The quantitative estimate of drug-likeness (QED) is 0.802. The molecule has 20 heavy (non-hydrogen) atoms. The first kappa shape index (κ1) is 14.2. The van der Waals surface area contributed by atoms with Gasteiger partial charge in [-0.25, -0.2) is 22.9 Å². The van der Waals surface area contributed by atoms with Crippen LogP contribution in [0.1, 0.15) is 15.9 Å². The van der Waals surface area contributed by atoms with Crippen LogP contribution in [0.5, 0.6) is 0 Å². The van der Waals surface area contributed by atoms with Crippen LogP contribution in [0.15, 0.2) is 35.7 Å². The van der Waals surface area contributed by atoms with Crippen LogP contribution in [0.4, 0.5) is 0 Å². The molecule has 0 saturated carbocycles. The molecule has 0 amide bonds. The number of hydrogen-bond donors (Lipinski definition) is 2. The van der Waals surface area contributed by atoms with Crippen molar-refractivity contribution in [1.82, 2.24) is 19.5 Å². The van der Waals surface area contributed by atoms with Gasteiger partial charge in [-0.15, -0.1) is 0 Å². The minimum atomic E-state index is -3.78. The van der Waals surface area contributed by atoms with E-state index in [4.69, 9.17) is 5.11 Å². The number of carboxylic acid groups (broad SMARTS) is 1. The first-order valence-electron chi connectivity index (χ1n) is 5.55. The predicted molar refractivity (Wildman–Crippen MR) is 68.4 cm³/mol. The maximum Gasteiger partial charge on any atom is 0.337 e. The first-order chi connectivity index (χ1) is 9.38. The molecule has 2 rings (SSSR count). The van der Waals surface area contributed by atoms with Gasteiger partial charge in [-0.3, -0.25) is 4.68 Å². The third kappa shape index (κ3) is 3.19. The highest BCUT2D eigenvalue weighted by Gasteiger charge is 2.16. The summed E-state index contributed by atoms with van der Waals surface area (Å²) in [6.07, 6.45) is 4.23. The standard InChI is InChI=1S/C11H12N4O4S/c1-15-7-8(4-13-15)5-14-20(18,19)10-3-2-9(6-12-10)11(16)17/h2-4,6-7,14H,5H2,1H3,(H,16,17). The molecule has 0 bridgehead atoms. The van der Waals surface area contributed by atoms with E-state index in [-0.39, 0.29) is 17.1 Å². The molecule has 0 atom stereocenters. The average molecular weight is 296 g/mol. The molecule has 2 aromatic rings. The Bertz CT molecular complexity index is 721. The van der Waals surface area contributed by atoms with Crippen LogP contribution in [-0.4, -0.2) is 34.3 Å². The zero-order chi connectivity index (χ0) is 14.8. The third-order valence-electron chi connectivity index (χ3n) is 2.48. The van der Waals surface area contributed by atoms with Crippen molar-refractivity contribution in [3.63, 3.8) is 0 Å². The van der Waals surface area contributed by atoms with Crippen LogP contribution < -0.4 is 4.72 Å². The summed E-state index contributed by atoms with van der Waals surface area (Å²) in [6.45, 7) is 0.0819. The number of rotatable bonds is 5. The Balaban J connectivity index is 2.11. The lowest BCUT2D eigenvalue weighted by atomic mass is 10.3. The van der Waals surface area contributed by atoms with E-state index in [0.717, 1.165) is 12.3 Å². The molecule has 0 saturated heterocycles. The molecule has 0 fully saturated rings. The van der Waals surface area contributed by atoms with Gasteiger partial charge in [-0.05, 0) is 12.1 Å². The summed E-state index contributed by atoms with van der Waals surface area (Å²) in [7, 11) is -2.06. The van der Waals surface area contributed by atoms with E-state index < -0.39 is 16.0 Å². The number of sulfonamides is 1. The lowest BCUT2D eigenvalue weighted by Gasteiger charge is -2.04. The number of hydrogen-bond acceptors (Lipinski definition) is 5. The van der Waals surface area contributed by atoms with Gasteiger partial charge >= 0.3 is 5.97 Å². The SMILES string of the molecule is Cn1cc(CNS(=O)(=O)c2ccc(C(=O)O)cn2)cn1. The molecule has 8 nitrogen and oxygen atoms in total. The first-order valence-corrected chi connectivity index (χ1v) is 7.03. The van der Waals surface area contributed by atoms with Gasteiger partial charge in [0.05, 0.1) is 11.8 Å². The molecular formula is C11H12N4O4S. The number of pyridine rings is 1. The van der Waals surface area contributed by atoms with Crippen molar-refractivity contribution in [2.24, 2.45) is 7.05 Å². The van der Waals surface area contributed by atoms with Crippen LogP contribution in [-0.2, 0) is 23.6 Å². The van der Waals surface area contributed by atoms with E-state index in [2.05, 4.69) is 14.8 Å². The van der Waals surface area contributed by atoms with E-state index in [1.165, 1.54) is 6.07 Å². The minimum Gasteiger partial charge on any atom is -0.478 e. The molecule has 0 spiro atoms. The summed E-state index contributed by atoms with van der Waals surface area (Å²) in [6, 6.07) is 2.34. The minimum absolute atomic E-state index is 0.0730. The van der Waals surface area contributed by atoms with Crippen molar-refractivity contribution in [1.29, 1.82) is 0 Å². The van der Waals surface area contributed by atoms with Gasteiger partial charge < -0.3 is 5.11 Å². The number of nitrogens with zero attached hydrogens (tertiary/aromatic N) is 3. The summed E-state index contributed by atoms with van der Waals surface area (Å²) >= 11 is 0. The fourth-order valence-electron chi connectivity index (χ4n) is 1.48. The van der Waals surface area contributed by atoms with Gasteiger partial charge in [-0.1, -0.05) is 0 Å². The fourth-order valence-corrected chi connectivity index (χ4v) is 2.42. The second kappa shape index (κ2) is 5.39. The summed E-state index contributed by atoms with van der Waals surface area (Å²) < 4.78 is 27.8. The molecule has 2 heterocycles. The molecule has 0 unspecified atom stereocenters. The van der Waals surface area contributed by atoms with Gasteiger partial charge in [-0.2, -0.15) is 5.10 Å². The van der Waals surface area contributed by atoms with E-state index in [9.17, 15) is 13.2 Å². The van der Waals surface area contributed by atoms with Gasteiger partial charge in [0, 0.05) is 31.5 Å². The summed E-state index contributed by atoms with van der Waals surface area (Å²) in [4.78, 5) is 14.3. The largest absolute Gasteiger partial charge is 0.478 e. The van der Waals surface area contributed by atoms with Gasteiger partial charge in [0.15, 0.2) is 5.03 Å². The maximum atomic E-state index is 11.9. The zero-order valence-corrected chi connectivity index (χ0v) is 11.3. The smallest absolute Gasteiger partial charge is 0.337 e. The molecule has 0 aliphatic heterocycles. The second-order valence-corrected chi connectivity index (χ2v) is 5.75. The molecule has 9 heteroatoms. The van der Waals surface area contributed by atoms with Crippen molar-refractivity contribution in [2.75, 3.05) is 0 Å². The Morgan fingerprint density at radius 3 is 2.65 bits per heavy atom. The number of aromatic nitrogens is 3. The number of aryl methyl sites for hydroxylation is 1. The monoisotopic (exact) mass is 296 g/mol. The molecule has 0 aliphatic rings. The zero-order valence-electron chi connectivity index (χ0n) is 10.5. The molecule has 2 aromatic heterocycles. The Hall–Kier alpha value is -2.26. The lowest BCUT2D eigenvalue weighted by Crippen LogP contribution is -2.24. The normalized spacial score (nSPS) is 11.4. The van der Waals surface area contributed by atoms with Crippen molar-refractivity contribution >= 4 is 16.0 Å². The summed E-state index contributed by atoms with van der Waals surface area (Å²) in [5, 5.41) is 12.4. The van der Waals surface area contributed by atoms with Crippen LogP contribution in [0.25, 0.3) is 0 Å². The van der Waals surface area contributed by atoms with Gasteiger partial charge in [0.1, 0.15) is 0 Å². The predicted octanol–water partition coefficient (Wildman–Crippen LogP) is -0.00820. The number of carboxylic acids is 1. The highest BCUT2D eigenvalue weighted by molar-refractivity contribution is 7.89. The van der Waals surface area contributed by atoms with E-state index in [0.29, 0.717) is 5.56 Å². The third-order valence-corrected chi connectivity index (χ3v) is 3.80.